The summed E-state index contributed by atoms with van der Waals surface area (Å²) >= 11 is 0. The van der Waals surface area contributed by atoms with E-state index in [4.69, 9.17) is 5.11 Å². The van der Waals surface area contributed by atoms with Crippen LogP contribution in [0.2, 0.25) is 0 Å². The standard InChI is InChI=1S/C8H11F3O4/c1-2-15-7(14)5(3-4-12)6(13)8(9,10)11/h5,12H,2-4H2,1H3/t5-/m1/s1. The number of esters is 1. The number of aliphatic hydroxyl groups excluding tert-OH is 1. The Hall–Kier alpha value is -1.11. The highest BCUT2D eigenvalue weighted by Gasteiger charge is 2.46. The highest BCUT2D eigenvalue weighted by atomic mass is 19.4. The Kier molecular flexibility index (Phi) is 5.27. The summed E-state index contributed by atoms with van der Waals surface area (Å²) in [6.07, 6.45) is -5.68. The summed E-state index contributed by atoms with van der Waals surface area (Å²) in [6.45, 7) is 0.600. The Morgan fingerprint density at radius 1 is 1.40 bits per heavy atom. The van der Waals surface area contributed by atoms with Crippen LogP contribution in [-0.2, 0) is 14.3 Å². The molecule has 7 heteroatoms. The van der Waals surface area contributed by atoms with E-state index in [-0.39, 0.29) is 6.61 Å². The van der Waals surface area contributed by atoms with Gasteiger partial charge in [0.15, 0.2) is 0 Å². The van der Waals surface area contributed by atoms with Crippen molar-refractivity contribution in [3.8, 4) is 0 Å². The van der Waals surface area contributed by atoms with E-state index >= 15 is 0 Å². The number of carbonyl (C=O) groups is 2. The number of hydrogen-bond acceptors (Lipinski definition) is 4. The molecule has 0 unspecified atom stereocenters. The minimum absolute atomic E-state index is 0.119. The molecule has 0 bridgehead atoms. The number of ether oxygens (including phenoxy) is 1. The van der Waals surface area contributed by atoms with E-state index in [2.05, 4.69) is 4.74 Å². The zero-order chi connectivity index (χ0) is 12.1. The van der Waals surface area contributed by atoms with Crippen molar-refractivity contribution in [1.29, 1.82) is 0 Å². The molecule has 4 nitrogen and oxygen atoms in total. The van der Waals surface area contributed by atoms with E-state index in [0.717, 1.165) is 0 Å². The third-order valence-corrected chi connectivity index (χ3v) is 1.58. The highest BCUT2D eigenvalue weighted by molar-refractivity contribution is 6.01. The fraction of sp³-hybridized carbons (Fsp3) is 0.750. The van der Waals surface area contributed by atoms with Crippen molar-refractivity contribution >= 4 is 11.8 Å². The van der Waals surface area contributed by atoms with Gasteiger partial charge >= 0.3 is 12.1 Å². The number of aliphatic hydroxyl groups is 1. The Bertz CT molecular complexity index is 237. The number of ketones is 1. The maximum atomic E-state index is 12.0. The van der Waals surface area contributed by atoms with Crippen molar-refractivity contribution in [2.24, 2.45) is 5.92 Å². The SMILES string of the molecule is CCOC(=O)[C@H](CCO)C(=O)C(F)(F)F. The molecule has 15 heavy (non-hydrogen) atoms. The number of hydrogen-bond donors (Lipinski definition) is 1. The van der Waals surface area contributed by atoms with Crippen LogP contribution in [0.1, 0.15) is 13.3 Å². The summed E-state index contributed by atoms with van der Waals surface area (Å²) in [6, 6.07) is 0. The lowest BCUT2D eigenvalue weighted by Crippen LogP contribution is -2.36. The zero-order valence-corrected chi connectivity index (χ0v) is 8.00. The van der Waals surface area contributed by atoms with E-state index < -0.39 is 36.9 Å². The summed E-state index contributed by atoms with van der Waals surface area (Å²) in [5.74, 6) is -5.40. The molecule has 0 heterocycles. The average Bonchev–Trinajstić information content (AvgIpc) is 2.12. The lowest BCUT2D eigenvalue weighted by molar-refractivity contribution is -0.181. The molecule has 88 valence electrons. The fourth-order valence-electron chi connectivity index (χ4n) is 0.925. The second-order valence-electron chi connectivity index (χ2n) is 2.68. The number of halogens is 3. The van der Waals surface area contributed by atoms with Crippen molar-refractivity contribution in [2.75, 3.05) is 13.2 Å². The molecular formula is C8H11F3O4. The largest absolute Gasteiger partial charge is 0.465 e. The van der Waals surface area contributed by atoms with Crippen LogP contribution in [0.4, 0.5) is 13.2 Å². The topological polar surface area (TPSA) is 63.6 Å². The van der Waals surface area contributed by atoms with Gasteiger partial charge in [0, 0.05) is 6.61 Å². The monoisotopic (exact) mass is 228 g/mol. The van der Waals surface area contributed by atoms with Gasteiger partial charge in [-0.1, -0.05) is 0 Å². The molecule has 0 aliphatic heterocycles. The third kappa shape index (κ3) is 4.28. The van der Waals surface area contributed by atoms with Crippen LogP contribution < -0.4 is 0 Å². The Morgan fingerprint density at radius 2 is 1.93 bits per heavy atom. The summed E-state index contributed by atoms with van der Waals surface area (Å²) < 4.78 is 40.3. The lowest BCUT2D eigenvalue weighted by atomic mass is 10.0. The fourth-order valence-corrected chi connectivity index (χ4v) is 0.925. The molecule has 0 spiro atoms. The molecule has 1 N–H and O–H groups in total. The minimum Gasteiger partial charge on any atom is -0.465 e. The molecular weight excluding hydrogens is 217 g/mol. The maximum absolute atomic E-state index is 12.0. The summed E-state index contributed by atoms with van der Waals surface area (Å²) in [4.78, 5) is 21.7. The first-order valence-corrected chi connectivity index (χ1v) is 4.23. The predicted molar refractivity (Wildman–Crippen MR) is 42.9 cm³/mol. The van der Waals surface area contributed by atoms with Gasteiger partial charge in [0.1, 0.15) is 5.92 Å². The predicted octanol–water partition coefficient (Wildman–Crippen LogP) is 0.679. The van der Waals surface area contributed by atoms with Crippen LogP contribution in [-0.4, -0.2) is 36.2 Å². The number of alkyl halides is 3. The molecule has 0 aromatic rings. The Morgan fingerprint density at radius 3 is 2.27 bits per heavy atom. The van der Waals surface area contributed by atoms with Crippen LogP contribution >= 0.6 is 0 Å². The van der Waals surface area contributed by atoms with Gasteiger partial charge in [0.25, 0.3) is 5.78 Å². The second kappa shape index (κ2) is 5.69. The highest BCUT2D eigenvalue weighted by Crippen LogP contribution is 2.23. The van der Waals surface area contributed by atoms with Crippen molar-refractivity contribution < 1.29 is 32.6 Å². The second-order valence-corrected chi connectivity index (χ2v) is 2.68. The quantitative estimate of drug-likeness (QED) is 0.555. The Balaban J connectivity index is 4.66. The molecule has 0 aromatic heterocycles. The van der Waals surface area contributed by atoms with Gasteiger partial charge in [-0.05, 0) is 13.3 Å². The first kappa shape index (κ1) is 13.9. The van der Waals surface area contributed by atoms with Crippen molar-refractivity contribution in [2.45, 2.75) is 19.5 Å². The molecule has 0 amide bonds. The van der Waals surface area contributed by atoms with Gasteiger partial charge in [0.2, 0.25) is 0 Å². The van der Waals surface area contributed by atoms with Crippen molar-refractivity contribution in [3.05, 3.63) is 0 Å². The molecule has 1 atom stereocenters. The van der Waals surface area contributed by atoms with Gasteiger partial charge in [-0.15, -0.1) is 0 Å². The summed E-state index contributed by atoms with van der Waals surface area (Å²) in [5.41, 5.74) is 0. The first-order valence-electron chi connectivity index (χ1n) is 4.23. The van der Waals surface area contributed by atoms with E-state index in [9.17, 15) is 22.8 Å². The van der Waals surface area contributed by atoms with Gasteiger partial charge in [-0.3, -0.25) is 9.59 Å². The summed E-state index contributed by atoms with van der Waals surface area (Å²) in [7, 11) is 0. The van der Waals surface area contributed by atoms with E-state index in [0.29, 0.717) is 0 Å². The number of Topliss-reactive ketones (excluding diaryl/α,β-unsaturated/α-hetero) is 1. The van der Waals surface area contributed by atoms with Gasteiger partial charge in [-0.25, -0.2) is 0 Å². The average molecular weight is 228 g/mol. The lowest BCUT2D eigenvalue weighted by Gasteiger charge is -2.14. The van der Waals surface area contributed by atoms with Crippen molar-refractivity contribution in [1.82, 2.24) is 0 Å². The molecule has 0 aliphatic carbocycles. The van der Waals surface area contributed by atoms with E-state index in [1.54, 1.807) is 0 Å². The van der Waals surface area contributed by atoms with Crippen LogP contribution in [0.3, 0.4) is 0 Å². The van der Waals surface area contributed by atoms with Crippen LogP contribution in [0.5, 0.6) is 0 Å². The van der Waals surface area contributed by atoms with Gasteiger partial charge < -0.3 is 9.84 Å². The molecule has 0 saturated carbocycles. The third-order valence-electron chi connectivity index (χ3n) is 1.58. The van der Waals surface area contributed by atoms with Crippen LogP contribution in [0.25, 0.3) is 0 Å². The van der Waals surface area contributed by atoms with Crippen LogP contribution in [0.15, 0.2) is 0 Å². The first-order chi connectivity index (χ1) is 6.84. The number of rotatable bonds is 5. The molecule has 0 aromatic carbocycles. The minimum atomic E-state index is -5.09. The maximum Gasteiger partial charge on any atom is 0.450 e. The number of carbonyl (C=O) groups excluding carboxylic acids is 2. The Labute approximate surface area is 84.0 Å². The molecule has 0 saturated heterocycles. The normalized spacial score (nSPS) is 13.4. The van der Waals surface area contributed by atoms with Crippen molar-refractivity contribution in [3.63, 3.8) is 0 Å². The van der Waals surface area contributed by atoms with E-state index in [1.165, 1.54) is 6.92 Å². The summed E-state index contributed by atoms with van der Waals surface area (Å²) in [5, 5.41) is 8.44. The van der Waals surface area contributed by atoms with Gasteiger partial charge in [0.05, 0.1) is 6.61 Å². The van der Waals surface area contributed by atoms with Gasteiger partial charge in [-0.2, -0.15) is 13.2 Å². The van der Waals surface area contributed by atoms with E-state index in [1.807, 2.05) is 0 Å². The van der Waals surface area contributed by atoms with Crippen LogP contribution in [0, 0.1) is 5.92 Å². The molecule has 0 fully saturated rings. The zero-order valence-electron chi connectivity index (χ0n) is 8.00. The molecule has 0 aliphatic rings. The smallest absolute Gasteiger partial charge is 0.450 e. The molecule has 0 rings (SSSR count). The molecule has 0 radical (unpaired) electrons.